The third kappa shape index (κ3) is 3.14. The van der Waals surface area contributed by atoms with Crippen LogP contribution in [0.5, 0.6) is 0 Å². The number of rotatable bonds is 2. The third-order valence-electron chi connectivity index (χ3n) is 5.43. The van der Waals surface area contributed by atoms with Gasteiger partial charge in [-0.1, -0.05) is 0 Å². The van der Waals surface area contributed by atoms with Crippen LogP contribution in [0, 0.1) is 0 Å². The molecule has 152 valence electrons. The van der Waals surface area contributed by atoms with Crippen LogP contribution >= 0.6 is 11.3 Å². The van der Waals surface area contributed by atoms with Crippen LogP contribution in [-0.2, 0) is 23.1 Å². The van der Waals surface area contributed by atoms with Gasteiger partial charge in [0.1, 0.15) is 0 Å². The van der Waals surface area contributed by atoms with E-state index in [4.69, 9.17) is 0 Å². The van der Waals surface area contributed by atoms with Crippen molar-refractivity contribution >= 4 is 49.0 Å². The first-order valence-corrected chi connectivity index (χ1v) is 11.9. The fourth-order valence-corrected chi connectivity index (χ4v) is 6.20. The SMILES string of the molecule is C[C@H]1Cn2ncc(N3CCCS3(=O)=O)c2CN1C(=O)Nc1ccc2ncsc2c1. The molecule has 2 aliphatic rings. The topological polar surface area (TPSA) is 100 Å². The van der Waals surface area contributed by atoms with Crippen LogP contribution in [0.3, 0.4) is 0 Å². The molecule has 1 atom stereocenters. The second-order valence-corrected chi connectivity index (χ2v) is 10.2. The van der Waals surface area contributed by atoms with E-state index in [1.807, 2.05) is 25.1 Å². The number of fused-ring (bicyclic) bond motifs is 2. The fourth-order valence-electron chi connectivity index (χ4n) is 3.91. The Bertz CT molecular complexity index is 1200. The maximum atomic E-state index is 13.0. The number of aromatic nitrogens is 3. The number of hydrogen-bond donors (Lipinski definition) is 1. The second kappa shape index (κ2) is 6.70. The molecule has 1 N–H and O–H groups in total. The molecule has 4 heterocycles. The molecule has 0 radical (unpaired) electrons. The van der Waals surface area contributed by atoms with Crippen molar-refractivity contribution in [1.29, 1.82) is 0 Å². The zero-order valence-electron chi connectivity index (χ0n) is 15.8. The Morgan fingerprint density at radius 2 is 2.21 bits per heavy atom. The molecule has 0 aliphatic carbocycles. The monoisotopic (exact) mass is 432 g/mol. The van der Waals surface area contributed by atoms with Crippen LogP contribution in [0.15, 0.2) is 29.9 Å². The van der Waals surface area contributed by atoms with Crippen molar-refractivity contribution in [2.24, 2.45) is 0 Å². The highest BCUT2D eigenvalue weighted by Crippen LogP contribution is 2.32. The molecular formula is C18H20N6O3S2. The summed E-state index contributed by atoms with van der Waals surface area (Å²) in [4.78, 5) is 19.0. The highest BCUT2D eigenvalue weighted by molar-refractivity contribution is 7.93. The summed E-state index contributed by atoms with van der Waals surface area (Å²) < 4.78 is 28.9. The largest absolute Gasteiger partial charge is 0.322 e. The summed E-state index contributed by atoms with van der Waals surface area (Å²) >= 11 is 1.52. The summed E-state index contributed by atoms with van der Waals surface area (Å²) in [5.41, 5.74) is 4.72. The predicted molar refractivity (Wildman–Crippen MR) is 112 cm³/mol. The Balaban J connectivity index is 1.40. The second-order valence-electron chi connectivity index (χ2n) is 7.34. The lowest BCUT2D eigenvalue weighted by atomic mass is 10.2. The standard InChI is InChI=1S/C18H20N6O3S2/c1-12-9-23-16(15(8-20-23)24-5-2-6-29(24,26)27)10-22(12)18(25)21-13-3-4-14-17(7-13)28-11-19-14/h3-4,7-8,11-12H,2,5-6,9-10H2,1H3,(H,21,25)/t12-/m0/s1. The van der Waals surface area contributed by atoms with E-state index in [0.717, 1.165) is 15.9 Å². The molecule has 5 rings (SSSR count). The average molecular weight is 433 g/mol. The van der Waals surface area contributed by atoms with E-state index < -0.39 is 10.0 Å². The molecule has 2 amide bonds. The minimum atomic E-state index is -3.30. The van der Waals surface area contributed by atoms with Crippen molar-refractivity contribution in [3.05, 3.63) is 35.6 Å². The first-order valence-electron chi connectivity index (χ1n) is 9.38. The molecule has 2 aliphatic heterocycles. The molecule has 11 heteroatoms. The first-order chi connectivity index (χ1) is 13.9. The molecule has 29 heavy (non-hydrogen) atoms. The van der Waals surface area contributed by atoms with Gasteiger partial charge in [-0.2, -0.15) is 5.10 Å². The number of sulfonamides is 1. The van der Waals surface area contributed by atoms with Crippen LogP contribution in [0.1, 0.15) is 19.0 Å². The number of thiazole rings is 1. The van der Waals surface area contributed by atoms with Gasteiger partial charge in [-0.15, -0.1) is 11.3 Å². The number of nitrogens with zero attached hydrogens (tertiary/aromatic N) is 5. The number of benzene rings is 1. The molecule has 9 nitrogen and oxygen atoms in total. The number of anilines is 2. The van der Waals surface area contributed by atoms with Crippen molar-refractivity contribution < 1.29 is 13.2 Å². The molecule has 1 saturated heterocycles. The van der Waals surface area contributed by atoms with E-state index in [9.17, 15) is 13.2 Å². The van der Waals surface area contributed by atoms with Crippen molar-refractivity contribution in [2.75, 3.05) is 21.9 Å². The van der Waals surface area contributed by atoms with E-state index in [0.29, 0.717) is 37.4 Å². The highest BCUT2D eigenvalue weighted by atomic mass is 32.2. The lowest BCUT2D eigenvalue weighted by molar-refractivity contribution is 0.162. The number of nitrogens with one attached hydrogen (secondary N) is 1. The minimum absolute atomic E-state index is 0.0717. The van der Waals surface area contributed by atoms with Gasteiger partial charge in [0.2, 0.25) is 10.0 Å². The molecule has 1 fully saturated rings. The molecule has 1 aromatic carbocycles. The van der Waals surface area contributed by atoms with Crippen molar-refractivity contribution in [1.82, 2.24) is 19.7 Å². The molecular weight excluding hydrogens is 412 g/mol. The van der Waals surface area contributed by atoms with Gasteiger partial charge in [0.05, 0.1) is 58.2 Å². The number of urea groups is 1. The summed E-state index contributed by atoms with van der Waals surface area (Å²) in [6.45, 7) is 3.24. The van der Waals surface area contributed by atoms with E-state index in [1.54, 1.807) is 21.3 Å². The van der Waals surface area contributed by atoms with Gasteiger partial charge in [-0.3, -0.25) is 8.99 Å². The van der Waals surface area contributed by atoms with Crippen molar-refractivity contribution in [2.45, 2.75) is 32.5 Å². The molecule has 2 aromatic heterocycles. The van der Waals surface area contributed by atoms with E-state index in [1.165, 1.54) is 15.6 Å². The zero-order valence-corrected chi connectivity index (χ0v) is 17.4. The summed E-state index contributed by atoms with van der Waals surface area (Å²) in [6, 6.07) is 5.33. The summed E-state index contributed by atoms with van der Waals surface area (Å²) in [7, 11) is -3.30. The van der Waals surface area contributed by atoms with Gasteiger partial charge >= 0.3 is 6.03 Å². The van der Waals surface area contributed by atoms with Crippen LogP contribution < -0.4 is 9.62 Å². The minimum Gasteiger partial charge on any atom is -0.314 e. The van der Waals surface area contributed by atoms with E-state index in [-0.39, 0.29) is 17.8 Å². The predicted octanol–water partition coefficient (Wildman–Crippen LogP) is 2.47. The molecule has 0 bridgehead atoms. The summed E-state index contributed by atoms with van der Waals surface area (Å²) in [5, 5.41) is 7.33. The zero-order chi connectivity index (χ0) is 20.2. The summed E-state index contributed by atoms with van der Waals surface area (Å²) in [6.07, 6.45) is 2.21. The number of hydrogen-bond acceptors (Lipinski definition) is 6. The van der Waals surface area contributed by atoms with Gasteiger partial charge in [-0.05, 0) is 31.5 Å². The van der Waals surface area contributed by atoms with E-state index in [2.05, 4.69) is 15.4 Å². The Hall–Kier alpha value is -2.66. The molecule has 0 unspecified atom stereocenters. The van der Waals surface area contributed by atoms with Crippen LogP contribution in [-0.4, -0.2) is 52.5 Å². The Kier molecular flexibility index (Phi) is 4.24. The molecule has 0 spiro atoms. The lowest BCUT2D eigenvalue weighted by Crippen LogP contribution is -2.47. The van der Waals surface area contributed by atoms with E-state index >= 15 is 0 Å². The number of carbonyl (C=O) groups excluding carboxylic acids is 1. The molecule has 0 saturated carbocycles. The number of amides is 2. The van der Waals surface area contributed by atoms with Gasteiger partial charge in [0.15, 0.2) is 0 Å². The molecule has 3 aromatic rings. The highest BCUT2D eigenvalue weighted by Gasteiger charge is 2.35. The number of carbonyl (C=O) groups is 1. The van der Waals surface area contributed by atoms with Crippen molar-refractivity contribution in [3.63, 3.8) is 0 Å². The van der Waals surface area contributed by atoms with Gasteiger partial charge in [0.25, 0.3) is 0 Å². The van der Waals surface area contributed by atoms with Crippen molar-refractivity contribution in [3.8, 4) is 0 Å². The van der Waals surface area contributed by atoms with Crippen LogP contribution in [0.2, 0.25) is 0 Å². The van der Waals surface area contributed by atoms with Gasteiger partial charge < -0.3 is 10.2 Å². The summed E-state index contributed by atoms with van der Waals surface area (Å²) in [5.74, 6) is 0.151. The normalized spacial score (nSPS) is 20.8. The van der Waals surface area contributed by atoms with Gasteiger partial charge in [-0.25, -0.2) is 18.2 Å². The third-order valence-corrected chi connectivity index (χ3v) is 8.07. The van der Waals surface area contributed by atoms with Gasteiger partial charge in [0, 0.05) is 12.2 Å². The quantitative estimate of drug-likeness (QED) is 0.670. The Labute approximate surface area is 172 Å². The average Bonchev–Trinajstić information content (AvgIpc) is 3.38. The van der Waals surface area contributed by atoms with Crippen LogP contribution in [0.25, 0.3) is 10.2 Å². The fraction of sp³-hybridized carbons (Fsp3) is 0.389. The maximum absolute atomic E-state index is 13.0. The smallest absolute Gasteiger partial charge is 0.314 e. The lowest BCUT2D eigenvalue weighted by Gasteiger charge is -2.35. The Morgan fingerprint density at radius 3 is 3.00 bits per heavy atom. The maximum Gasteiger partial charge on any atom is 0.322 e. The first kappa shape index (κ1) is 18.4. The Morgan fingerprint density at radius 1 is 1.34 bits per heavy atom. The van der Waals surface area contributed by atoms with Crippen LogP contribution in [0.4, 0.5) is 16.2 Å².